The van der Waals surface area contributed by atoms with Crippen molar-refractivity contribution >= 4 is 24.1 Å². The van der Waals surface area contributed by atoms with E-state index < -0.39 is 6.09 Å². The summed E-state index contributed by atoms with van der Waals surface area (Å²) in [7, 11) is 0. The third-order valence-corrected chi connectivity index (χ3v) is 1.89. The molecule has 62 valence electrons. The molecule has 0 aromatic carbocycles. The number of rotatable bonds is 1. The first-order valence-corrected chi connectivity index (χ1v) is 3.73. The summed E-state index contributed by atoms with van der Waals surface area (Å²) in [5, 5.41) is 8.63. The highest BCUT2D eigenvalue weighted by atomic mass is 35.5. The highest BCUT2D eigenvalue weighted by Crippen LogP contribution is 2.15. The molecule has 0 aromatic rings. The van der Waals surface area contributed by atoms with E-state index in [9.17, 15) is 4.79 Å². The maximum absolute atomic E-state index is 10.5. The summed E-state index contributed by atoms with van der Waals surface area (Å²) >= 11 is 5.10. The van der Waals surface area contributed by atoms with Gasteiger partial charge in [-0.15, -0.1) is 0 Å². The lowest BCUT2D eigenvalue weighted by atomic mass is 10.2. The summed E-state index contributed by atoms with van der Waals surface area (Å²) in [6.45, 7) is 0.586. The molecule has 0 radical (unpaired) electrons. The summed E-state index contributed by atoms with van der Waals surface area (Å²) < 4.78 is 3.29. The van der Waals surface area contributed by atoms with Gasteiger partial charge in [-0.2, -0.15) is 4.51 Å². The topological polar surface area (TPSA) is 52.9 Å². The van der Waals surface area contributed by atoms with E-state index in [1.807, 2.05) is 0 Å². The van der Waals surface area contributed by atoms with E-state index in [1.165, 1.54) is 11.1 Å². The largest absolute Gasteiger partial charge is 0.465 e. The summed E-state index contributed by atoms with van der Waals surface area (Å²) in [4.78, 5) is 11.8. The number of hydrogen-bond acceptors (Lipinski definition) is 2. The van der Waals surface area contributed by atoms with Crippen molar-refractivity contribution in [3.63, 3.8) is 0 Å². The maximum atomic E-state index is 10.5. The van der Waals surface area contributed by atoms with E-state index in [4.69, 9.17) is 16.9 Å². The molecule has 0 saturated carbocycles. The molecule has 0 bridgehead atoms. The van der Waals surface area contributed by atoms with Gasteiger partial charge in [-0.05, 0) is 12.8 Å². The lowest BCUT2D eigenvalue weighted by Crippen LogP contribution is -2.34. The first kappa shape index (κ1) is 8.33. The number of amides is 1. The molecule has 1 rings (SSSR count). The first-order valence-electron chi connectivity index (χ1n) is 3.39. The van der Waals surface area contributed by atoms with Crippen molar-refractivity contribution in [1.82, 2.24) is 4.90 Å². The van der Waals surface area contributed by atoms with Crippen LogP contribution in [0, 0.1) is 0 Å². The van der Waals surface area contributed by atoms with Crippen LogP contribution < -0.4 is 0 Å². The SMILES string of the molecule is O=C(O)N1CCCC1C=NCl. The lowest BCUT2D eigenvalue weighted by Gasteiger charge is -2.16. The zero-order valence-corrected chi connectivity index (χ0v) is 6.66. The Morgan fingerprint density at radius 1 is 1.82 bits per heavy atom. The molecule has 1 saturated heterocycles. The van der Waals surface area contributed by atoms with Gasteiger partial charge in [0.1, 0.15) is 0 Å². The Balaban J connectivity index is 2.57. The van der Waals surface area contributed by atoms with Crippen molar-refractivity contribution in [3.05, 3.63) is 0 Å². The van der Waals surface area contributed by atoms with Gasteiger partial charge in [0.25, 0.3) is 0 Å². The molecule has 0 aliphatic carbocycles. The van der Waals surface area contributed by atoms with Crippen molar-refractivity contribution in [2.45, 2.75) is 18.9 Å². The summed E-state index contributed by atoms with van der Waals surface area (Å²) in [6.07, 6.45) is 2.27. The highest BCUT2D eigenvalue weighted by molar-refractivity contribution is 6.17. The molecule has 1 heterocycles. The first-order chi connectivity index (χ1) is 5.25. The zero-order chi connectivity index (χ0) is 8.27. The predicted molar refractivity (Wildman–Crippen MR) is 42.1 cm³/mol. The Labute approximate surface area is 69.6 Å². The normalized spacial score (nSPS) is 24.8. The van der Waals surface area contributed by atoms with Gasteiger partial charge < -0.3 is 10.0 Å². The van der Waals surface area contributed by atoms with Crippen molar-refractivity contribution in [1.29, 1.82) is 0 Å². The molecule has 1 unspecified atom stereocenters. The van der Waals surface area contributed by atoms with E-state index in [-0.39, 0.29) is 6.04 Å². The van der Waals surface area contributed by atoms with Gasteiger partial charge in [0.2, 0.25) is 0 Å². The molecule has 0 aromatic heterocycles. The van der Waals surface area contributed by atoms with Gasteiger partial charge in [0.15, 0.2) is 0 Å². The molecule has 1 atom stereocenters. The number of likely N-dealkylation sites (tertiary alicyclic amines) is 1. The van der Waals surface area contributed by atoms with Crippen LogP contribution in [-0.2, 0) is 0 Å². The van der Waals surface area contributed by atoms with Crippen LogP contribution >= 0.6 is 11.8 Å². The molecule has 1 fully saturated rings. The molecule has 5 heteroatoms. The van der Waals surface area contributed by atoms with Crippen LogP contribution in [0.5, 0.6) is 0 Å². The molecule has 4 nitrogen and oxygen atoms in total. The number of carboxylic acid groups (broad SMARTS) is 1. The Morgan fingerprint density at radius 2 is 2.55 bits per heavy atom. The average Bonchev–Trinajstić information content (AvgIpc) is 2.36. The minimum Gasteiger partial charge on any atom is -0.465 e. The second-order valence-electron chi connectivity index (χ2n) is 2.43. The van der Waals surface area contributed by atoms with Gasteiger partial charge in [-0.1, -0.05) is 0 Å². The fraction of sp³-hybridized carbons (Fsp3) is 0.667. The van der Waals surface area contributed by atoms with Gasteiger partial charge in [-0.3, -0.25) is 0 Å². The summed E-state index contributed by atoms with van der Waals surface area (Å²) in [5.41, 5.74) is 0. The quantitative estimate of drug-likeness (QED) is 0.614. The van der Waals surface area contributed by atoms with Gasteiger partial charge in [0, 0.05) is 24.5 Å². The van der Waals surface area contributed by atoms with Crippen LogP contribution in [0.15, 0.2) is 4.51 Å². The van der Waals surface area contributed by atoms with E-state index in [0.717, 1.165) is 12.8 Å². The molecule has 11 heavy (non-hydrogen) atoms. The van der Waals surface area contributed by atoms with Crippen molar-refractivity contribution in [3.8, 4) is 0 Å². The Kier molecular flexibility index (Phi) is 2.70. The minimum atomic E-state index is -0.899. The fourth-order valence-electron chi connectivity index (χ4n) is 1.25. The van der Waals surface area contributed by atoms with Crippen LogP contribution in [0.25, 0.3) is 0 Å². The molecular formula is C6H9ClN2O2. The van der Waals surface area contributed by atoms with E-state index >= 15 is 0 Å². The van der Waals surface area contributed by atoms with Gasteiger partial charge >= 0.3 is 6.09 Å². The molecule has 0 spiro atoms. The van der Waals surface area contributed by atoms with Crippen LogP contribution in [0.1, 0.15) is 12.8 Å². The Hall–Kier alpha value is -0.770. The smallest absolute Gasteiger partial charge is 0.407 e. The molecule has 1 N–H and O–H groups in total. The van der Waals surface area contributed by atoms with Crippen molar-refractivity contribution in [2.24, 2.45) is 4.51 Å². The lowest BCUT2D eigenvalue weighted by molar-refractivity contribution is 0.150. The standard InChI is InChI=1S/C6H9ClN2O2/c7-8-4-5-2-1-3-9(5)6(10)11/h4-5H,1-3H2,(H,10,11). The fourth-order valence-corrected chi connectivity index (χ4v) is 1.38. The molecule has 1 aliphatic heterocycles. The summed E-state index contributed by atoms with van der Waals surface area (Å²) in [5.74, 6) is 0. The Morgan fingerprint density at radius 3 is 3.09 bits per heavy atom. The van der Waals surface area contributed by atoms with Gasteiger partial charge in [0.05, 0.1) is 6.04 Å². The van der Waals surface area contributed by atoms with E-state index in [0.29, 0.717) is 6.54 Å². The predicted octanol–water partition coefficient (Wildman–Crippen LogP) is 1.35. The zero-order valence-electron chi connectivity index (χ0n) is 5.90. The monoisotopic (exact) mass is 176 g/mol. The number of hydrogen-bond donors (Lipinski definition) is 1. The number of halogens is 1. The van der Waals surface area contributed by atoms with Gasteiger partial charge in [-0.25, -0.2) is 4.79 Å². The third-order valence-electron chi connectivity index (χ3n) is 1.77. The number of carbonyl (C=O) groups is 1. The molecule has 1 aliphatic rings. The van der Waals surface area contributed by atoms with Crippen LogP contribution in [0.4, 0.5) is 4.79 Å². The summed E-state index contributed by atoms with van der Waals surface area (Å²) in [6, 6.07) is -0.120. The van der Waals surface area contributed by atoms with Crippen LogP contribution in [-0.4, -0.2) is 34.9 Å². The highest BCUT2D eigenvalue weighted by Gasteiger charge is 2.26. The second-order valence-corrected chi connectivity index (χ2v) is 2.63. The molecule has 1 amide bonds. The Bertz CT molecular complexity index is 183. The second kappa shape index (κ2) is 3.57. The van der Waals surface area contributed by atoms with Crippen molar-refractivity contribution < 1.29 is 9.90 Å². The van der Waals surface area contributed by atoms with Crippen LogP contribution in [0.2, 0.25) is 0 Å². The maximum Gasteiger partial charge on any atom is 0.407 e. The van der Waals surface area contributed by atoms with Crippen molar-refractivity contribution in [2.75, 3.05) is 6.54 Å². The van der Waals surface area contributed by atoms with Crippen LogP contribution in [0.3, 0.4) is 0 Å². The number of nitrogens with zero attached hydrogens (tertiary/aromatic N) is 2. The van der Waals surface area contributed by atoms with E-state index in [2.05, 4.69) is 4.51 Å². The molecular weight excluding hydrogens is 168 g/mol. The average molecular weight is 177 g/mol. The third kappa shape index (κ3) is 1.83. The minimum absolute atomic E-state index is 0.120. The van der Waals surface area contributed by atoms with E-state index in [1.54, 1.807) is 0 Å².